The first kappa shape index (κ1) is 12.5. The molecule has 5 heteroatoms. The van der Waals surface area contributed by atoms with E-state index in [-0.39, 0.29) is 12.5 Å². The van der Waals surface area contributed by atoms with E-state index < -0.39 is 0 Å². The Bertz CT molecular complexity index is 378. The number of carbonyl (C=O) groups is 1. The maximum atomic E-state index is 11.9. The van der Waals surface area contributed by atoms with Crippen molar-refractivity contribution in [1.82, 2.24) is 10.2 Å². The number of thiophene rings is 1. The summed E-state index contributed by atoms with van der Waals surface area (Å²) < 4.78 is 0. The van der Waals surface area contributed by atoms with Crippen molar-refractivity contribution in [2.75, 3.05) is 26.2 Å². The summed E-state index contributed by atoms with van der Waals surface area (Å²) in [6, 6.07) is 2.11. The number of amides is 1. The van der Waals surface area contributed by atoms with E-state index in [0.717, 1.165) is 19.5 Å². The second-order valence-corrected chi connectivity index (χ2v) is 5.19. The van der Waals surface area contributed by atoms with Gasteiger partial charge in [-0.05, 0) is 36.4 Å². The van der Waals surface area contributed by atoms with Crippen LogP contribution in [0.15, 0.2) is 11.4 Å². The molecule has 0 radical (unpaired) electrons. The van der Waals surface area contributed by atoms with Crippen LogP contribution in [0, 0.1) is 0 Å². The van der Waals surface area contributed by atoms with E-state index in [2.05, 4.69) is 16.8 Å². The molecular formula is C12H18N2O2S. The molecule has 0 fully saturated rings. The summed E-state index contributed by atoms with van der Waals surface area (Å²) >= 11 is 1.78. The summed E-state index contributed by atoms with van der Waals surface area (Å²) in [5.41, 5.74) is 1.30. The summed E-state index contributed by atoms with van der Waals surface area (Å²) in [6.45, 7) is 2.82. The fourth-order valence-electron chi connectivity index (χ4n) is 1.97. The molecule has 0 unspecified atom stereocenters. The van der Waals surface area contributed by atoms with Gasteiger partial charge >= 0.3 is 0 Å². The number of nitrogens with one attached hydrogen (secondary N) is 1. The van der Waals surface area contributed by atoms with Gasteiger partial charge in [-0.1, -0.05) is 0 Å². The Morgan fingerprint density at radius 1 is 1.59 bits per heavy atom. The van der Waals surface area contributed by atoms with Crippen LogP contribution >= 0.6 is 11.3 Å². The summed E-state index contributed by atoms with van der Waals surface area (Å²) in [5, 5.41) is 13.8. The maximum Gasteiger partial charge on any atom is 0.236 e. The van der Waals surface area contributed by atoms with Crippen LogP contribution < -0.4 is 5.32 Å². The number of carbonyl (C=O) groups excluding carboxylic acids is 1. The molecule has 1 aromatic rings. The number of hydrogen-bond acceptors (Lipinski definition) is 4. The van der Waals surface area contributed by atoms with Gasteiger partial charge in [0.25, 0.3) is 0 Å². The molecule has 4 nitrogen and oxygen atoms in total. The molecule has 94 valence electrons. The molecule has 2 heterocycles. The highest BCUT2D eigenvalue weighted by Gasteiger charge is 2.20. The molecular weight excluding hydrogens is 236 g/mol. The highest BCUT2D eigenvalue weighted by Crippen LogP contribution is 2.23. The summed E-state index contributed by atoms with van der Waals surface area (Å²) in [7, 11) is 0. The van der Waals surface area contributed by atoms with Crippen molar-refractivity contribution in [3.8, 4) is 0 Å². The quantitative estimate of drug-likeness (QED) is 0.757. The van der Waals surface area contributed by atoms with E-state index in [0.29, 0.717) is 19.5 Å². The zero-order valence-corrected chi connectivity index (χ0v) is 10.6. The van der Waals surface area contributed by atoms with Gasteiger partial charge in [0.2, 0.25) is 5.91 Å². The molecule has 1 aliphatic rings. The van der Waals surface area contributed by atoms with Gasteiger partial charge in [0.1, 0.15) is 0 Å². The first-order valence-electron chi connectivity index (χ1n) is 5.96. The fourth-order valence-corrected chi connectivity index (χ4v) is 2.86. The number of fused-ring (bicyclic) bond motifs is 1. The van der Waals surface area contributed by atoms with Crippen LogP contribution in [-0.2, 0) is 17.8 Å². The Kier molecular flexibility index (Phi) is 4.53. The van der Waals surface area contributed by atoms with E-state index in [9.17, 15) is 4.79 Å². The van der Waals surface area contributed by atoms with E-state index in [4.69, 9.17) is 5.11 Å². The van der Waals surface area contributed by atoms with Crippen molar-refractivity contribution in [2.45, 2.75) is 19.4 Å². The van der Waals surface area contributed by atoms with Gasteiger partial charge in [0, 0.05) is 24.6 Å². The minimum atomic E-state index is 0.153. The first-order valence-corrected chi connectivity index (χ1v) is 6.84. The lowest BCUT2D eigenvalue weighted by Crippen LogP contribution is -2.41. The number of aliphatic hydroxyl groups is 1. The minimum absolute atomic E-state index is 0.153. The van der Waals surface area contributed by atoms with Gasteiger partial charge < -0.3 is 15.3 Å². The van der Waals surface area contributed by atoms with E-state index >= 15 is 0 Å². The molecule has 0 spiro atoms. The van der Waals surface area contributed by atoms with Gasteiger partial charge in [0.15, 0.2) is 0 Å². The van der Waals surface area contributed by atoms with Crippen LogP contribution in [0.1, 0.15) is 16.9 Å². The fraction of sp³-hybridized carbons (Fsp3) is 0.583. The molecule has 17 heavy (non-hydrogen) atoms. The Labute approximate surface area is 105 Å². The van der Waals surface area contributed by atoms with Gasteiger partial charge in [0.05, 0.1) is 6.54 Å². The monoisotopic (exact) mass is 254 g/mol. The minimum Gasteiger partial charge on any atom is -0.396 e. The Morgan fingerprint density at radius 2 is 2.47 bits per heavy atom. The van der Waals surface area contributed by atoms with Crippen molar-refractivity contribution >= 4 is 17.2 Å². The van der Waals surface area contributed by atoms with Crippen molar-refractivity contribution < 1.29 is 9.90 Å². The lowest BCUT2D eigenvalue weighted by Gasteiger charge is -2.27. The van der Waals surface area contributed by atoms with Crippen LogP contribution in [0.3, 0.4) is 0 Å². The van der Waals surface area contributed by atoms with Crippen LogP contribution in [0.4, 0.5) is 0 Å². The highest BCUT2D eigenvalue weighted by atomic mass is 32.1. The second kappa shape index (κ2) is 6.14. The predicted molar refractivity (Wildman–Crippen MR) is 68.0 cm³/mol. The third kappa shape index (κ3) is 3.28. The maximum absolute atomic E-state index is 11.9. The molecule has 0 bridgehead atoms. The van der Waals surface area contributed by atoms with Crippen molar-refractivity contribution in [2.24, 2.45) is 0 Å². The summed E-state index contributed by atoms with van der Waals surface area (Å²) in [5.74, 6) is 0.153. The van der Waals surface area contributed by atoms with Crippen molar-refractivity contribution in [3.63, 3.8) is 0 Å². The predicted octanol–water partition coefficient (Wildman–Crippen LogP) is 0.605. The van der Waals surface area contributed by atoms with Crippen LogP contribution in [0.25, 0.3) is 0 Å². The molecule has 0 saturated carbocycles. The van der Waals surface area contributed by atoms with Crippen LogP contribution in [-0.4, -0.2) is 42.2 Å². The molecule has 1 aliphatic heterocycles. The van der Waals surface area contributed by atoms with Crippen molar-refractivity contribution in [1.29, 1.82) is 0 Å². The molecule has 1 amide bonds. The first-order chi connectivity index (χ1) is 8.31. The van der Waals surface area contributed by atoms with Crippen LogP contribution in [0.2, 0.25) is 0 Å². The molecule has 0 saturated heterocycles. The third-order valence-electron chi connectivity index (χ3n) is 2.95. The number of aliphatic hydroxyl groups excluding tert-OH is 1. The molecule has 0 atom stereocenters. The number of rotatable bonds is 5. The highest BCUT2D eigenvalue weighted by molar-refractivity contribution is 7.10. The lowest BCUT2D eigenvalue weighted by atomic mass is 10.1. The average Bonchev–Trinajstić information content (AvgIpc) is 2.81. The summed E-state index contributed by atoms with van der Waals surface area (Å²) in [6.07, 6.45) is 1.68. The zero-order chi connectivity index (χ0) is 12.1. The molecule has 2 N–H and O–H groups in total. The smallest absolute Gasteiger partial charge is 0.236 e. The van der Waals surface area contributed by atoms with Gasteiger partial charge in [-0.25, -0.2) is 0 Å². The standard InChI is InChI=1S/C12H18N2O2S/c15-6-1-4-13-8-12(16)14-5-2-11-10(9-14)3-7-17-11/h3,7,13,15H,1-2,4-6,8-9H2. The van der Waals surface area contributed by atoms with Gasteiger partial charge in [-0.3, -0.25) is 4.79 Å². The molecule has 2 rings (SSSR count). The Morgan fingerprint density at radius 3 is 3.29 bits per heavy atom. The van der Waals surface area contributed by atoms with E-state index in [1.54, 1.807) is 11.3 Å². The van der Waals surface area contributed by atoms with Crippen molar-refractivity contribution in [3.05, 3.63) is 21.9 Å². The van der Waals surface area contributed by atoms with Gasteiger partial charge in [-0.2, -0.15) is 0 Å². The van der Waals surface area contributed by atoms with E-state index in [1.165, 1.54) is 10.4 Å². The molecule has 0 aromatic carbocycles. The normalized spacial score (nSPS) is 14.8. The van der Waals surface area contributed by atoms with Gasteiger partial charge in [-0.15, -0.1) is 11.3 Å². The third-order valence-corrected chi connectivity index (χ3v) is 3.97. The Balaban J connectivity index is 1.78. The largest absolute Gasteiger partial charge is 0.396 e. The molecule has 1 aromatic heterocycles. The number of hydrogen-bond donors (Lipinski definition) is 2. The average molecular weight is 254 g/mol. The van der Waals surface area contributed by atoms with E-state index in [1.807, 2.05) is 4.90 Å². The van der Waals surface area contributed by atoms with Crippen LogP contribution in [0.5, 0.6) is 0 Å². The summed E-state index contributed by atoms with van der Waals surface area (Å²) in [4.78, 5) is 15.2. The molecule has 0 aliphatic carbocycles. The lowest BCUT2D eigenvalue weighted by molar-refractivity contribution is -0.131. The number of nitrogens with zero attached hydrogens (tertiary/aromatic N) is 1. The topological polar surface area (TPSA) is 52.6 Å². The second-order valence-electron chi connectivity index (χ2n) is 4.19. The zero-order valence-electron chi connectivity index (χ0n) is 9.82. The Hall–Kier alpha value is -0.910. The SMILES string of the molecule is O=C(CNCCCO)N1CCc2sccc2C1.